The second-order valence-corrected chi connectivity index (χ2v) is 6.89. The fraction of sp³-hybridized carbons (Fsp3) is 0.217. The predicted octanol–water partition coefficient (Wildman–Crippen LogP) is 6.33. The molecule has 0 amide bonds. The fourth-order valence-electron chi connectivity index (χ4n) is 3.16. The maximum atomic E-state index is 2.31. The number of allylic oxidation sites excluding steroid dienone is 5. The molecule has 0 nitrogen and oxygen atoms in total. The molecule has 0 aliphatic heterocycles. The first kappa shape index (κ1) is 15.6. The first-order valence-corrected chi connectivity index (χ1v) is 8.22. The Morgan fingerprint density at radius 1 is 0.957 bits per heavy atom. The molecule has 0 fully saturated rings. The Balaban J connectivity index is 1.81. The maximum Gasteiger partial charge on any atom is 0.0152 e. The van der Waals surface area contributed by atoms with E-state index in [2.05, 4.69) is 101 Å². The molecule has 0 saturated carbocycles. The Morgan fingerprint density at radius 3 is 2.35 bits per heavy atom. The van der Waals surface area contributed by atoms with Crippen LogP contribution in [0.25, 0.3) is 11.6 Å². The number of aryl methyl sites for hydroxylation is 1. The molecular formula is C23H24. The third kappa shape index (κ3) is 3.07. The molecule has 0 heterocycles. The lowest BCUT2D eigenvalue weighted by Gasteiger charge is -2.22. The molecule has 0 spiro atoms. The van der Waals surface area contributed by atoms with Gasteiger partial charge in [-0.2, -0.15) is 0 Å². The lowest BCUT2D eigenvalue weighted by atomic mass is 9.81. The van der Waals surface area contributed by atoms with Crippen molar-refractivity contribution in [2.24, 2.45) is 0 Å². The molecule has 0 atom stereocenters. The number of hydrogen-bond donors (Lipinski definition) is 0. The Bertz CT molecular complexity index is 796. The minimum Gasteiger partial charge on any atom is -0.0619 e. The van der Waals surface area contributed by atoms with Gasteiger partial charge in [0.25, 0.3) is 0 Å². The van der Waals surface area contributed by atoms with Crippen molar-refractivity contribution in [3.63, 3.8) is 0 Å². The number of fused-ring (bicyclic) bond motifs is 1. The van der Waals surface area contributed by atoms with Gasteiger partial charge in [0.2, 0.25) is 0 Å². The summed E-state index contributed by atoms with van der Waals surface area (Å²) in [4.78, 5) is 0. The monoisotopic (exact) mass is 300 g/mol. The van der Waals surface area contributed by atoms with Crippen LogP contribution in [0.5, 0.6) is 0 Å². The van der Waals surface area contributed by atoms with E-state index in [1.807, 2.05) is 0 Å². The van der Waals surface area contributed by atoms with Crippen molar-refractivity contribution in [3.05, 3.63) is 94.6 Å². The lowest BCUT2D eigenvalue weighted by Crippen LogP contribution is -2.15. The molecule has 1 aliphatic carbocycles. The molecule has 3 rings (SSSR count). The fourth-order valence-corrected chi connectivity index (χ4v) is 3.16. The molecular weight excluding hydrogens is 276 g/mol. The van der Waals surface area contributed by atoms with Gasteiger partial charge in [-0.25, -0.2) is 0 Å². The summed E-state index contributed by atoms with van der Waals surface area (Å²) >= 11 is 0. The van der Waals surface area contributed by atoms with Gasteiger partial charge in [-0.1, -0.05) is 92.2 Å². The second kappa shape index (κ2) is 6.04. The van der Waals surface area contributed by atoms with Gasteiger partial charge in [-0.05, 0) is 41.7 Å². The average molecular weight is 300 g/mol. The van der Waals surface area contributed by atoms with Crippen LogP contribution in [-0.2, 0) is 5.41 Å². The van der Waals surface area contributed by atoms with Crippen LogP contribution >= 0.6 is 0 Å². The molecule has 116 valence electrons. The SMILES string of the molecule is C/C(=C\C=C/C1=Cc2ccccc2C1(C)C)c1ccc(C)cc1. The largest absolute Gasteiger partial charge is 0.0619 e. The summed E-state index contributed by atoms with van der Waals surface area (Å²) < 4.78 is 0. The van der Waals surface area contributed by atoms with E-state index in [-0.39, 0.29) is 5.41 Å². The van der Waals surface area contributed by atoms with Gasteiger partial charge >= 0.3 is 0 Å². The van der Waals surface area contributed by atoms with Crippen LogP contribution in [-0.4, -0.2) is 0 Å². The van der Waals surface area contributed by atoms with Gasteiger partial charge in [0, 0.05) is 5.41 Å². The Labute approximate surface area is 139 Å². The van der Waals surface area contributed by atoms with Gasteiger partial charge in [0.05, 0.1) is 0 Å². The van der Waals surface area contributed by atoms with Crippen molar-refractivity contribution in [2.45, 2.75) is 33.1 Å². The highest BCUT2D eigenvalue weighted by atomic mass is 14.3. The quantitative estimate of drug-likeness (QED) is 0.581. The van der Waals surface area contributed by atoms with Crippen molar-refractivity contribution in [3.8, 4) is 0 Å². The van der Waals surface area contributed by atoms with Crippen LogP contribution in [0.1, 0.15) is 43.0 Å². The van der Waals surface area contributed by atoms with Crippen LogP contribution in [0.3, 0.4) is 0 Å². The molecule has 0 bridgehead atoms. The maximum absolute atomic E-state index is 2.31. The number of rotatable bonds is 3. The molecule has 23 heavy (non-hydrogen) atoms. The van der Waals surface area contributed by atoms with Crippen molar-refractivity contribution >= 4 is 11.6 Å². The normalized spacial score (nSPS) is 16.5. The van der Waals surface area contributed by atoms with E-state index in [0.717, 1.165) is 0 Å². The van der Waals surface area contributed by atoms with E-state index in [0.29, 0.717) is 0 Å². The Hall–Kier alpha value is -2.34. The van der Waals surface area contributed by atoms with Crippen molar-refractivity contribution in [1.82, 2.24) is 0 Å². The highest BCUT2D eigenvalue weighted by molar-refractivity contribution is 5.72. The predicted molar refractivity (Wildman–Crippen MR) is 101 cm³/mol. The molecule has 0 unspecified atom stereocenters. The molecule has 0 radical (unpaired) electrons. The zero-order chi connectivity index (χ0) is 16.4. The molecule has 0 N–H and O–H groups in total. The second-order valence-electron chi connectivity index (χ2n) is 6.89. The Morgan fingerprint density at radius 2 is 1.65 bits per heavy atom. The zero-order valence-corrected chi connectivity index (χ0v) is 14.4. The molecule has 0 heteroatoms. The van der Waals surface area contributed by atoms with E-state index >= 15 is 0 Å². The summed E-state index contributed by atoms with van der Waals surface area (Å²) in [6.07, 6.45) is 8.93. The average Bonchev–Trinajstić information content (AvgIpc) is 2.79. The first-order valence-electron chi connectivity index (χ1n) is 8.22. The van der Waals surface area contributed by atoms with Crippen LogP contribution in [0.15, 0.2) is 72.3 Å². The van der Waals surface area contributed by atoms with Crippen LogP contribution < -0.4 is 0 Å². The van der Waals surface area contributed by atoms with E-state index in [1.165, 1.54) is 33.4 Å². The summed E-state index contributed by atoms with van der Waals surface area (Å²) in [5.41, 5.74) is 8.08. The summed E-state index contributed by atoms with van der Waals surface area (Å²) in [6.45, 7) is 8.88. The summed E-state index contributed by atoms with van der Waals surface area (Å²) in [6, 6.07) is 17.4. The third-order valence-electron chi connectivity index (χ3n) is 4.80. The van der Waals surface area contributed by atoms with Crippen LogP contribution in [0.2, 0.25) is 0 Å². The van der Waals surface area contributed by atoms with Crippen molar-refractivity contribution < 1.29 is 0 Å². The minimum atomic E-state index is 0.0820. The topological polar surface area (TPSA) is 0 Å². The smallest absolute Gasteiger partial charge is 0.0152 e. The van der Waals surface area contributed by atoms with E-state index < -0.39 is 0 Å². The molecule has 0 aromatic heterocycles. The molecule has 2 aromatic carbocycles. The standard InChI is InChI=1S/C23H24/c1-17-12-14-19(15-13-17)18(2)8-7-10-21-16-20-9-5-6-11-22(20)23(21,3)4/h5-16H,1-4H3/b10-7-,18-8+. The molecule has 0 saturated heterocycles. The zero-order valence-electron chi connectivity index (χ0n) is 14.4. The van der Waals surface area contributed by atoms with Crippen molar-refractivity contribution in [1.29, 1.82) is 0 Å². The van der Waals surface area contributed by atoms with Gasteiger partial charge in [0.15, 0.2) is 0 Å². The van der Waals surface area contributed by atoms with Crippen molar-refractivity contribution in [2.75, 3.05) is 0 Å². The van der Waals surface area contributed by atoms with Gasteiger partial charge in [-0.15, -0.1) is 0 Å². The number of hydrogen-bond acceptors (Lipinski definition) is 0. The van der Waals surface area contributed by atoms with Gasteiger partial charge in [-0.3, -0.25) is 0 Å². The van der Waals surface area contributed by atoms with Gasteiger partial charge in [0.1, 0.15) is 0 Å². The van der Waals surface area contributed by atoms with E-state index in [4.69, 9.17) is 0 Å². The highest BCUT2D eigenvalue weighted by Gasteiger charge is 2.30. The highest BCUT2D eigenvalue weighted by Crippen LogP contribution is 2.41. The first-order chi connectivity index (χ1) is 11.0. The van der Waals surface area contributed by atoms with E-state index in [9.17, 15) is 0 Å². The summed E-state index contributed by atoms with van der Waals surface area (Å²) in [5, 5.41) is 0. The minimum absolute atomic E-state index is 0.0820. The van der Waals surface area contributed by atoms with Crippen LogP contribution in [0.4, 0.5) is 0 Å². The molecule has 2 aromatic rings. The number of benzene rings is 2. The Kier molecular flexibility index (Phi) is 4.09. The molecule has 1 aliphatic rings. The van der Waals surface area contributed by atoms with E-state index in [1.54, 1.807) is 0 Å². The van der Waals surface area contributed by atoms with Crippen LogP contribution in [0, 0.1) is 6.92 Å². The lowest BCUT2D eigenvalue weighted by molar-refractivity contribution is 0.655. The summed E-state index contributed by atoms with van der Waals surface area (Å²) in [7, 11) is 0. The van der Waals surface area contributed by atoms with Gasteiger partial charge < -0.3 is 0 Å². The summed E-state index contributed by atoms with van der Waals surface area (Å²) in [5.74, 6) is 0. The third-order valence-corrected chi connectivity index (χ3v) is 4.80.